The molecular weight excluding hydrogens is 320 g/mol. The zero-order chi connectivity index (χ0) is 17.3. The Morgan fingerprint density at radius 3 is 2.72 bits per heavy atom. The average Bonchev–Trinajstić information content (AvgIpc) is 2.89. The summed E-state index contributed by atoms with van der Waals surface area (Å²) >= 11 is 5.55. The maximum Gasteiger partial charge on any atom is 0.0192 e. The van der Waals surface area contributed by atoms with Gasteiger partial charge in [-0.15, -0.1) is 6.58 Å². The number of rotatable bonds is 5. The standard InChI is InChI=1S/C24H38S/c1-3-17(2)7-6-9-19-10-11-21-23-15-12-18-8-4-5-14-22(18,23)20(23)13-16-24(19,21)25/h3,17-21,25H,1,4-16H2,2H3. The average molecular weight is 359 g/mol. The van der Waals surface area contributed by atoms with Crippen molar-refractivity contribution in [3.05, 3.63) is 12.7 Å². The Balaban J connectivity index is 1.35. The molecule has 5 rings (SSSR count). The molecule has 0 amide bonds. The third kappa shape index (κ3) is 2.03. The van der Waals surface area contributed by atoms with Gasteiger partial charge in [0.2, 0.25) is 0 Å². The zero-order valence-corrected chi connectivity index (χ0v) is 17.2. The van der Waals surface area contributed by atoms with Crippen molar-refractivity contribution in [2.45, 2.75) is 95.1 Å². The van der Waals surface area contributed by atoms with Gasteiger partial charge in [-0.05, 0) is 105 Å². The Morgan fingerprint density at radius 1 is 1.00 bits per heavy atom. The molecule has 0 saturated heterocycles. The largest absolute Gasteiger partial charge is 0.172 e. The Kier molecular flexibility index (Phi) is 3.99. The SMILES string of the molecule is C=CC(C)CCCC1CCC2C1(S)CCC1C34CCCCC3CCC214. The molecule has 140 valence electrons. The predicted octanol–water partition coefficient (Wildman–Crippen LogP) is 7.05. The van der Waals surface area contributed by atoms with Crippen molar-refractivity contribution in [3.8, 4) is 0 Å². The topological polar surface area (TPSA) is 0 Å². The van der Waals surface area contributed by atoms with Crippen LogP contribution in [0.1, 0.15) is 90.4 Å². The molecule has 0 aliphatic heterocycles. The molecule has 25 heavy (non-hydrogen) atoms. The molecule has 0 radical (unpaired) electrons. The summed E-state index contributed by atoms with van der Waals surface area (Å²) < 4.78 is 0.393. The van der Waals surface area contributed by atoms with Crippen LogP contribution in [0.5, 0.6) is 0 Å². The van der Waals surface area contributed by atoms with E-state index in [9.17, 15) is 0 Å². The molecule has 5 saturated carbocycles. The van der Waals surface area contributed by atoms with Gasteiger partial charge in [0.05, 0.1) is 0 Å². The predicted molar refractivity (Wildman–Crippen MR) is 110 cm³/mol. The van der Waals surface area contributed by atoms with Crippen LogP contribution in [-0.4, -0.2) is 4.75 Å². The second kappa shape index (κ2) is 5.79. The first-order valence-corrected chi connectivity index (χ1v) is 11.9. The summed E-state index contributed by atoms with van der Waals surface area (Å²) in [4.78, 5) is 0. The smallest absolute Gasteiger partial charge is 0.0192 e. The molecule has 5 aliphatic carbocycles. The molecule has 2 spiro atoms. The fraction of sp³-hybridized carbons (Fsp3) is 0.917. The molecule has 5 aliphatic rings. The van der Waals surface area contributed by atoms with Gasteiger partial charge < -0.3 is 0 Å². The monoisotopic (exact) mass is 358 g/mol. The van der Waals surface area contributed by atoms with Crippen molar-refractivity contribution in [1.82, 2.24) is 0 Å². The minimum absolute atomic E-state index is 0.393. The first kappa shape index (κ1) is 17.2. The summed E-state index contributed by atoms with van der Waals surface area (Å²) in [5.41, 5.74) is 1.58. The molecule has 8 unspecified atom stereocenters. The maximum atomic E-state index is 5.55. The molecular formula is C24H38S. The van der Waals surface area contributed by atoms with Crippen molar-refractivity contribution < 1.29 is 0 Å². The second-order valence-corrected chi connectivity index (χ2v) is 11.4. The van der Waals surface area contributed by atoms with E-state index in [1.807, 2.05) is 0 Å². The van der Waals surface area contributed by atoms with Gasteiger partial charge in [0.1, 0.15) is 0 Å². The van der Waals surface area contributed by atoms with Gasteiger partial charge in [-0.2, -0.15) is 12.6 Å². The van der Waals surface area contributed by atoms with Gasteiger partial charge in [0, 0.05) is 4.75 Å². The lowest BCUT2D eigenvalue weighted by Gasteiger charge is -2.44. The fourth-order valence-corrected chi connectivity index (χ4v) is 10.1. The lowest BCUT2D eigenvalue weighted by molar-refractivity contribution is 0.144. The molecule has 0 N–H and O–H groups in total. The van der Waals surface area contributed by atoms with Crippen molar-refractivity contribution >= 4 is 12.6 Å². The Morgan fingerprint density at radius 2 is 1.88 bits per heavy atom. The van der Waals surface area contributed by atoms with Crippen molar-refractivity contribution in [3.63, 3.8) is 0 Å². The fourth-order valence-electron chi connectivity index (χ4n) is 9.37. The van der Waals surface area contributed by atoms with Crippen molar-refractivity contribution in [2.75, 3.05) is 0 Å². The summed E-state index contributed by atoms with van der Waals surface area (Å²) in [6, 6.07) is 0. The molecule has 0 aromatic rings. The van der Waals surface area contributed by atoms with Crippen LogP contribution in [0.3, 0.4) is 0 Å². The number of allylic oxidation sites excluding steroid dienone is 1. The van der Waals surface area contributed by atoms with Gasteiger partial charge in [-0.1, -0.05) is 32.3 Å². The van der Waals surface area contributed by atoms with Crippen molar-refractivity contribution in [1.29, 1.82) is 0 Å². The quantitative estimate of drug-likeness (QED) is 0.395. The summed E-state index contributed by atoms with van der Waals surface area (Å²) in [7, 11) is 0. The van der Waals surface area contributed by atoms with Crippen LogP contribution in [0, 0.1) is 40.4 Å². The van der Waals surface area contributed by atoms with E-state index in [1.54, 1.807) is 25.7 Å². The highest BCUT2D eigenvalue weighted by Crippen LogP contribution is 2.91. The lowest BCUT2D eigenvalue weighted by Crippen LogP contribution is -2.42. The Hall–Kier alpha value is 0.0900. The van der Waals surface area contributed by atoms with E-state index in [4.69, 9.17) is 12.6 Å². The number of hydrogen-bond acceptors (Lipinski definition) is 1. The van der Waals surface area contributed by atoms with Crippen LogP contribution >= 0.6 is 12.6 Å². The normalized spacial score (nSPS) is 54.2. The van der Waals surface area contributed by atoms with Crippen LogP contribution in [0.15, 0.2) is 12.7 Å². The number of thiol groups is 1. The third-order valence-electron chi connectivity index (χ3n) is 10.2. The lowest BCUT2D eigenvalue weighted by atomic mass is 9.67. The van der Waals surface area contributed by atoms with Gasteiger partial charge in [-0.3, -0.25) is 0 Å². The van der Waals surface area contributed by atoms with E-state index < -0.39 is 0 Å². The van der Waals surface area contributed by atoms with E-state index in [2.05, 4.69) is 19.6 Å². The maximum absolute atomic E-state index is 5.55. The Bertz CT molecular complexity index is 554. The van der Waals surface area contributed by atoms with E-state index in [1.165, 1.54) is 57.8 Å². The van der Waals surface area contributed by atoms with E-state index >= 15 is 0 Å². The molecule has 0 aromatic heterocycles. The highest BCUT2D eigenvalue weighted by molar-refractivity contribution is 7.81. The highest BCUT2D eigenvalue weighted by Gasteiger charge is 2.85. The summed E-state index contributed by atoms with van der Waals surface area (Å²) in [6.07, 6.45) is 21.6. The zero-order valence-electron chi connectivity index (χ0n) is 16.3. The third-order valence-corrected chi connectivity index (χ3v) is 11.1. The minimum atomic E-state index is 0.393. The summed E-state index contributed by atoms with van der Waals surface area (Å²) in [5, 5.41) is 0. The van der Waals surface area contributed by atoms with Crippen LogP contribution in [0.4, 0.5) is 0 Å². The van der Waals surface area contributed by atoms with E-state index in [-0.39, 0.29) is 0 Å². The van der Waals surface area contributed by atoms with Gasteiger partial charge >= 0.3 is 0 Å². The van der Waals surface area contributed by atoms with E-state index in [0.29, 0.717) is 10.7 Å². The second-order valence-electron chi connectivity index (χ2n) is 10.6. The Labute approximate surface area is 161 Å². The first-order chi connectivity index (χ1) is 12.1. The summed E-state index contributed by atoms with van der Waals surface area (Å²) in [6.45, 7) is 6.28. The molecule has 0 heterocycles. The van der Waals surface area contributed by atoms with Crippen LogP contribution in [0.25, 0.3) is 0 Å². The van der Waals surface area contributed by atoms with Gasteiger partial charge in [0.25, 0.3) is 0 Å². The van der Waals surface area contributed by atoms with Crippen molar-refractivity contribution in [2.24, 2.45) is 40.4 Å². The summed E-state index contributed by atoms with van der Waals surface area (Å²) in [5.74, 6) is 4.77. The number of fused-ring (bicyclic) bond motifs is 1. The van der Waals surface area contributed by atoms with Gasteiger partial charge in [-0.25, -0.2) is 0 Å². The number of hydrogen-bond donors (Lipinski definition) is 1. The van der Waals surface area contributed by atoms with E-state index in [0.717, 1.165) is 34.5 Å². The molecule has 1 heteroatoms. The van der Waals surface area contributed by atoms with Gasteiger partial charge in [0.15, 0.2) is 0 Å². The highest BCUT2D eigenvalue weighted by atomic mass is 32.1. The molecule has 8 atom stereocenters. The molecule has 0 nitrogen and oxygen atoms in total. The van der Waals surface area contributed by atoms with Crippen LogP contribution in [-0.2, 0) is 0 Å². The molecule has 0 aromatic carbocycles. The molecule has 0 bridgehead atoms. The molecule has 5 fully saturated rings. The minimum Gasteiger partial charge on any atom is -0.172 e. The van der Waals surface area contributed by atoms with Crippen LogP contribution in [0.2, 0.25) is 0 Å². The first-order valence-electron chi connectivity index (χ1n) is 11.4. The van der Waals surface area contributed by atoms with Crippen LogP contribution < -0.4 is 0 Å².